The number of rotatable bonds is 0. The van der Waals surface area contributed by atoms with E-state index in [4.69, 9.17) is 11.6 Å². The van der Waals surface area contributed by atoms with Crippen LogP contribution in [0, 0.1) is 0 Å². The Morgan fingerprint density at radius 1 is 1.17 bits per heavy atom. The number of hydrogen-bond donors (Lipinski definition) is 0. The lowest BCUT2D eigenvalue weighted by molar-refractivity contribution is 0.409. The van der Waals surface area contributed by atoms with E-state index in [2.05, 4.69) is 0 Å². The highest BCUT2D eigenvalue weighted by atomic mass is 35.5. The number of fused-ring (bicyclic) bond motifs is 2. The van der Waals surface area contributed by atoms with Gasteiger partial charge in [-0.05, 0) is 38.5 Å². The second-order valence-electron chi connectivity index (χ2n) is 3.83. The van der Waals surface area contributed by atoms with Crippen LogP contribution in [-0.2, 0) is 9.84 Å². The molecule has 0 aromatic rings. The highest BCUT2D eigenvalue weighted by molar-refractivity contribution is 7.94. The molecule has 0 unspecified atom stereocenters. The minimum absolute atomic E-state index is 0.127. The van der Waals surface area contributed by atoms with Crippen molar-refractivity contribution in [2.24, 2.45) is 0 Å². The zero-order valence-corrected chi connectivity index (χ0v) is 8.50. The minimum atomic E-state index is -3.00. The summed E-state index contributed by atoms with van der Waals surface area (Å²) in [4.78, 5) is 0. The predicted octanol–water partition coefficient (Wildman–Crippen LogP) is 2.07. The molecule has 0 saturated carbocycles. The van der Waals surface area contributed by atoms with Gasteiger partial charge in [-0.1, -0.05) is 0 Å². The molecule has 0 aromatic heterocycles. The molecule has 0 atom stereocenters. The third-order valence-corrected chi connectivity index (χ3v) is 6.90. The van der Waals surface area contributed by atoms with Gasteiger partial charge in [0, 0.05) is 0 Å². The first-order chi connectivity index (χ1) is 5.56. The average Bonchev–Trinajstić information content (AvgIpc) is 1.93. The Balaban J connectivity index is 2.43. The first-order valence-corrected chi connectivity index (χ1v) is 6.41. The summed E-state index contributed by atoms with van der Waals surface area (Å²) in [5, 5.41) is -0.127. The monoisotopic (exact) mass is 208 g/mol. The van der Waals surface area contributed by atoms with Crippen LogP contribution >= 0.6 is 11.6 Å². The minimum Gasteiger partial charge on any atom is -0.227 e. The van der Waals surface area contributed by atoms with E-state index >= 15 is 0 Å². The molecule has 0 radical (unpaired) electrons. The van der Waals surface area contributed by atoms with Crippen LogP contribution < -0.4 is 0 Å². The van der Waals surface area contributed by atoms with Gasteiger partial charge in [0.1, 0.15) is 4.21 Å². The number of hydrogen-bond acceptors (Lipinski definition) is 2. The maximum atomic E-state index is 11.8. The first-order valence-electron chi connectivity index (χ1n) is 4.49. The molecule has 12 heavy (non-hydrogen) atoms. The van der Waals surface area contributed by atoms with Gasteiger partial charge in [0.2, 0.25) is 0 Å². The van der Waals surface area contributed by atoms with Gasteiger partial charge in [-0.2, -0.15) is 0 Å². The summed E-state index contributed by atoms with van der Waals surface area (Å²) >= 11 is 6.11. The summed E-state index contributed by atoms with van der Waals surface area (Å²) in [7, 11) is -3.00. The molecule has 2 aliphatic rings. The van der Waals surface area contributed by atoms with E-state index in [0.717, 1.165) is 25.7 Å². The normalized spacial score (nSPS) is 45.6. The Kier molecular flexibility index (Phi) is 1.92. The molecule has 0 N–H and O–H groups in total. The van der Waals surface area contributed by atoms with Gasteiger partial charge < -0.3 is 0 Å². The summed E-state index contributed by atoms with van der Waals surface area (Å²) in [5.74, 6) is 0. The van der Waals surface area contributed by atoms with Crippen LogP contribution in [0.4, 0.5) is 0 Å². The second kappa shape index (κ2) is 2.61. The molecule has 2 bridgehead atoms. The van der Waals surface area contributed by atoms with Gasteiger partial charge in [-0.3, -0.25) is 0 Å². The Morgan fingerprint density at radius 2 is 1.67 bits per heavy atom. The Bertz CT molecular complexity index is 273. The van der Waals surface area contributed by atoms with Crippen molar-refractivity contribution >= 4 is 21.4 Å². The van der Waals surface area contributed by atoms with E-state index in [0.29, 0.717) is 12.8 Å². The van der Waals surface area contributed by atoms with Crippen molar-refractivity contribution in [3.8, 4) is 0 Å². The van der Waals surface area contributed by atoms with E-state index in [9.17, 15) is 8.42 Å². The van der Waals surface area contributed by atoms with E-state index in [1.807, 2.05) is 0 Å². The third-order valence-electron chi connectivity index (χ3n) is 3.10. The smallest absolute Gasteiger partial charge is 0.172 e. The highest BCUT2D eigenvalue weighted by Crippen LogP contribution is 2.47. The molecule has 0 amide bonds. The van der Waals surface area contributed by atoms with E-state index in [1.54, 1.807) is 0 Å². The summed E-state index contributed by atoms with van der Waals surface area (Å²) in [6.07, 6.45) is 4.94. The molecule has 2 heterocycles. The predicted molar refractivity (Wildman–Crippen MR) is 49.0 cm³/mol. The fraction of sp³-hybridized carbons (Fsp3) is 1.00. The maximum absolute atomic E-state index is 11.8. The van der Waals surface area contributed by atoms with Crippen LogP contribution in [-0.4, -0.2) is 17.9 Å². The number of halogens is 1. The van der Waals surface area contributed by atoms with Crippen molar-refractivity contribution in [3.05, 3.63) is 0 Å². The standard InChI is InChI=1S/C8H13ClO2S/c9-8-5-1-3-7(4-2-6-8)12(8,10)11/h7H,1-6H2. The van der Waals surface area contributed by atoms with Crippen molar-refractivity contribution in [2.45, 2.75) is 48.0 Å². The van der Waals surface area contributed by atoms with Crippen LogP contribution in [0.25, 0.3) is 0 Å². The van der Waals surface area contributed by atoms with Gasteiger partial charge in [0.25, 0.3) is 0 Å². The summed E-state index contributed by atoms with van der Waals surface area (Å²) in [5.41, 5.74) is 0. The number of alkyl halides is 1. The Morgan fingerprint density at radius 3 is 2.00 bits per heavy atom. The topological polar surface area (TPSA) is 34.1 Å². The Labute approximate surface area is 78.2 Å². The van der Waals surface area contributed by atoms with Gasteiger partial charge in [0.15, 0.2) is 9.84 Å². The third kappa shape index (κ3) is 1.02. The van der Waals surface area contributed by atoms with Crippen LogP contribution in [0.3, 0.4) is 0 Å². The van der Waals surface area contributed by atoms with Crippen molar-refractivity contribution in [1.82, 2.24) is 0 Å². The molecule has 2 saturated heterocycles. The van der Waals surface area contributed by atoms with Gasteiger partial charge in [-0.25, -0.2) is 8.42 Å². The van der Waals surface area contributed by atoms with Crippen LogP contribution in [0.5, 0.6) is 0 Å². The molecule has 0 aliphatic carbocycles. The molecule has 4 heteroatoms. The Hall–Kier alpha value is 0.240. The van der Waals surface area contributed by atoms with Crippen molar-refractivity contribution in [3.63, 3.8) is 0 Å². The molecule has 2 nitrogen and oxygen atoms in total. The van der Waals surface area contributed by atoms with Crippen LogP contribution in [0.1, 0.15) is 38.5 Å². The lowest BCUT2D eigenvalue weighted by atomic mass is 9.98. The molecule has 2 aliphatic heterocycles. The zero-order chi connectivity index (χ0) is 8.82. The zero-order valence-electron chi connectivity index (χ0n) is 6.92. The molecule has 0 aromatic carbocycles. The molecule has 70 valence electrons. The fourth-order valence-electron chi connectivity index (χ4n) is 2.35. The number of sulfone groups is 1. The summed E-state index contributed by atoms with van der Waals surface area (Å²) in [6.45, 7) is 0. The molecular formula is C8H13ClO2S. The van der Waals surface area contributed by atoms with Gasteiger partial charge in [-0.15, -0.1) is 11.6 Å². The summed E-state index contributed by atoms with van der Waals surface area (Å²) in [6, 6.07) is 0. The van der Waals surface area contributed by atoms with E-state index in [-0.39, 0.29) is 5.25 Å². The molecular weight excluding hydrogens is 196 g/mol. The quantitative estimate of drug-likeness (QED) is 0.572. The average molecular weight is 209 g/mol. The molecule has 2 fully saturated rings. The van der Waals surface area contributed by atoms with Crippen LogP contribution in [0.2, 0.25) is 0 Å². The molecule has 2 rings (SSSR count). The molecule has 0 spiro atoms. The van der Waals surface area contributed by atoms with Crippen molar-refractivity contribution < 1.29 is 8.42 Å². The first kappa shape index (κ1) is 8.82. The van der Waals surface area contributed by atoms with Crippen molar-refractivity contribution in [2.75, 3.05) is 0 Å². The van der Waals surface area contributed by atoms with Crippen molar-refractivity contribution in [1.29, 1.82) is 0 Å². The van der Waals surface area contributed by atoms with Crippen LogP contribution in [0.15, 0.2) is 0 Å². The lowest BCUT2D eigenvalue weighted by Gasteiger charge is -2.40. The maximum Gasteiger partial charge on any atom is 0.172 e. The lowest BCUT2D eigenvalue weighted by Crippen LogP contribution is -2.47. The van der Waals surface area contributed by atoms with E-state index in [1.165, 1.54) is 0 Å². The SMILES string of the molecule is O=S1(=O)C2CCCC1(Cl)CCC2. The highest BCUT2D eigenvalue weighted by Gasteiger charge is 2.51. The van der Waals surface area contributed by atoms with Gasteiger partial charge in [0.05, 0.1) is 5.25 Å². The second-order valence-corrected chi connectivity index (χ2v) is 7.32. The van der Waals surface area contributed by atoms with E-state index < -0.39 is 14.0 Å². The van der Waals surface area contributed by atoms with Gasteiger partial charge >= 0.3 is 0 Å². The fourth-order valence-corrected chi connectivity index (χ4v) is 5.40. The summed E-state index contributed by atoms with van der Waals surface area (Å²) < 4.78 is 22.7. The largest absolute Gasteiger partial charge is 0.227 e.